The van der Waals surface area contributed by atoms with E-state index in [1.54, 1.807) is 60.6 Å². The van der Waals surface area contributed by atoms with Crippen molar-refractivity contribution in [2.24, 2.45) is 0 Å². The lowest BCUT2D eigenvalue weighted by Gasteiger charge is -2.28. The zero-order valence-corrected chi connectivity index (χ0v) is 33.3. The number of amides is 3. The second-order valence-corrected chi connectivity index (χ2v) is 14.0. The molecule has 6 rings (SSSR count). The van der Waals surface area contributed by atoms with Crippen molar-refractivity contribution in [3.63, 3.8) is 0 Å². The van der Waals surface area contributed by atoms with Crippen LogP contribution in [0.25, 0.3) is 33.6 Å². The molecule has 13 nitrogen and oxygen atoms in total. The lowest BCUT2D eigenvalue weighted by atomic mass is 9.94. The number of aromatic amines is 2. The number of hydrogen-bond acceptors (Lipinski definition) is 8. The summed E-state index contributed by atoms with van der Waals surface area (Å²) < 4.78 is 9.66. The van der Waals surface area contributed by atoms with Crippen LogP contribution in [0.3, 0.4) is 0 Å². The molecule has 0 radical (unpaired) electrons. The Morgan fingerprint density at radius 1 is 0.603 bits per heavy atom. The number of carbonyl (C=O) groups excluding carboxylic acids is 4. The van der Waals surface area contributed by atoms with Gasteiger partial charge in [-0.3, -0.25) is 14.4 Å². The third-order valence-electron chi connectivity index (χ3n) is 10.5. The molecule has 2 heterocycles. The van der Waals surface area contributed by atoms with Crippen LogP contribution in [0.4, 0.5) is 4.79 Å². The van der Waals surface area contributed by atoms with E-state index in [4.69, 9.17) is 9.47 Å². The van der Waals surface area contributed by atoms with Gasteiger partial charge in [-0.1, -0.05) is 109 Å². The van der Waals surface area contributed by atoms with Crippen LogP contribution in [0.15, 0.2) is 122 Å². The van der Waals surface area contributed by atoms with Gasteiger partial charge in [0.15, 0.2) is 0 Å². The van der Waals surface area contributed by atoms with Gasteiger partial charge in [-0.2, -0.15) is 0 Å². The number of benzene rings is 4. The Balaban J connectivity index is 1.10. The van der Waals surface area contributed by atoms with Crippen LogP contribution in [0.5, 0.6) is 0 Å². The maximum absolute atomic E-state index is 13.7. The monoisotopic (exact) mass is 781 g/mol. The molecule has 0 saturated carbocycles. The molecule has 2 aromatic heterocycles. The van der Waals surface area contributed by atoms with E-state index >= 15 is 0 Å². The summed E-state index contributed by atoms with van der Waals surface area (Å²) in [4.78, 5) is 70.7. The minimum absolute atomic E-state index is 0.0599. The molecule has 0 aliphatic rings. The Labute approximate surface area is 337 Å². The molecule has 0 bridgehead atoms. The molecule has 6 aromatic rings. The fourth-order valence-electron chi connectivity index (χ4n) is 6.67. The van der Waals surface area contributed by atoms with Gasteiger partial charge in [0.1, 0.15) is 17.7 Å². The molecule has 0 fully saturated rings. The number of hydrogen-bond donors (Lipinski definition) is 3. The molecular weight excluding hydrogens is 735 g/mol. The highest BCUT2D eigenvalue weighted by Crippen LogP contribution is 2.31. The van der Waals surface area contributed by atoms with Crippen molar-refractivity contribution in [2.75, 3.05) is 28.3 Å². The number of ether oxygens (including phenoxy) is 2. The zero-order chi connectivity index (χ0) is 41.3. The summed E-state index contributed by atoms with van der Waals surface area (Å²) >= 11 is 0. The van der Waals surface area contributed by atoms with Crippen molar-refractivity contribution in [1.29, 1.82) is 0 Å². The summed E-state index contributed by atoms with van der Waals surface area (Å²) in [7, 11) is 5.97. The molecule has 298 valence electrons. The van der Waals surface area contributed by atoms with Gasteiger partial charge < -0.3 is 34.6 Å². The molecule has 4 atom stereocenters. The van der Waals surface area contributed by atoms with Crippen LogP contribution in [-0.2, 0) is 23.9 Å². The number of imidazole rings is 2. The third kappa shape index (κ3) is 9.15. The highest BCUT2D eigenvalue weighted by molar-refractivity contribution is 5.89. The molecule has 3 N–H and O–H groups in total. The van der Waals surface area contributed by atoms with Crippen LogP contribution in [0, 0.1) is 0 Å². The Hall–Kier alpha value is -7.02. The number of H-pyrrole nitrogens is 2. The first-order valence-electron chi connectivity index (χ1n) is 18.8. The van der Waals surface area contributed by atoms with E-state index in [0.29, 0.717) is 17.2 Å². The topological polar surface area (TPSA) is 163 Å². The van der Waals surface area contributed by atoms with E-state index < -0.39 is 30.1 Å². The van der Waals surface area contributed by atoms with Crippen molar-refractivity contribution >= 4 is 23.9 Å². The van der Waals surface area contributed by atoms with Gasteiger partial charge in [0.05, 0.1) is 62.4 Å². The molecule has 13 heteroatoms. The van der Waals surface area contributed by atoms with Gasteiger partial charge in [0.25, 0.3) is 0 Å². The predicted molar refractivity (Wildman–Crippen MR) is 220 cm³/mol. The predicted octanol–water partition coefficient (Wildman–Crippen LogP) is 7.62. The van der Waals surface area contributed by atoms with Crippen LogP contribution in [0.2, 0.25) is 0 Å². The Bertz CT molecular complexity index is 2160. The standard InChI is InChI=1S/C45H47N7O6/c1-28(51(3)43(54)36(25-39(53)57-5)32-13-9-7-10-14-32)41-46-26-37(48-41)33-21-17-30(18-22-33)31-19-23-34(24-20-31)38-27-47-42(49-38)29(2)52(4)44(55)40(50-45(56)58-6)35-15-11-8-12-16-35/h7-24,26-29,36,40H,25H2,1-6H3,(H,46,48)(H,47,49)(H,50,56)/t28-,29-,36+,40+/m0/s1. The summed E-state index contributed by atoms with van der Waals surface area (Å²) in [5.74, 6) is -0.434. The van der Waals surface area contributed by atoms with E-state index in [2.05, 4.69) is 25.3 Å². The summed E-state index contributed by atoms with van der Waals surface area (Å²) in [5.41, 5.74) is 6.91. The molecule has 0 aliphatic carbocycles. The molecule has 4 aromatic carbocycles. The molecule has 0 aliphatic heterocycles. The summed E-state index contributed by atoms with van der Waals surface area (Å²) in [6.45, 7) is 3.76. The van der Waals surface area contributed by atoms with E-state index in [1.165, 1.54) is 14.2 Å². The lowest BCUT2D eigenvalue weighted by Crippen LogP contribution is -2.42. The van der Waals surface area contributed by atoms with Crippen molar-refractivity contribution in [1.82, 2.24) is 35.1 Å². The average Bonchev–Trinajstić information content (AvgIpc) is 3.98. The van der Waals surface area contributed by atoms with Crippen LogP contribution < -0.4 is 5.32 Å². The van der Waals surface area contributed by atoms with Gasteiger partial charge in [-0.05, 0) is 47.2 Å². The van der Waals surface area contributed by atoms with Gasteiger partial charge in [0, 0.05) is 14.1 Å². The maximum Gasteiger partial charge on any atom is 0.407 e. The molecule has 0 spiro atoms. The van der Waals surface area contributed by atoms with Crippen molar-refractivity contribution in [3.05, 3.63) is 144 Å². The Morgan fingerprint density at radius 2 is 1.03 bits per heavy atom. The minimum atomic E-state index is -0.929. The average molecular weight is 782 g/mol. The molecular formula is C45H47N7O6. The second-order valence-electron chi connectivity index (χ2n) is 14.0. The molecule has 3 amide bonds. The van der Waals surface area contributed by atoms with E-state index in [0.717, 1.165) is 39.2 Å². The number of esters is 1. The SMILES string of the molecule is COC(=O)C[C@@H](C(=O)N(C)[C@@H](C)c1ncc(-c2ccc(-c3ccc(-c4cnc([C@H](C)N(C)C(=O)[C@H](NC(=O)OC)c5ccccc5)[nH]4)cc3)cc2)[nH]1)c1ccccc1. The largest absolute Gasteiger partial charge is 0.469 e. The van der Waals surface area contributed by atoms with Gasteiger partial charge in [-0.25, -0.2) is 14.8 Å². The maximum atomic E-state index is 13.7. The first-order valence-corrected chi connectivity index (χ1v) is 18.8. The van der Waals surface area contributed by atoms with E-state index in [9.17, 15) is 19.2 Å². The smallest absolute Gasteiger partial charge is 0.407 e. The third-order valence-corrected chi connectivity index (χ3v) is 10.5. The Morgan fingerprint density at radius 3 is 1.48 bits per heavy atom. The fraction of sp³-hybridized carbons (Fsp3) is 0.244. The number of rotatable bonds is 14. The fourth-order valence-corrected chi connectivity index (χ4v) is 6.67. The number of carbonyl (C=O) groups is 4. The lowest BCUT2D eigenvalue weighted by molar-refractivity contribution is -0.145. The number of aromatic nitrogens is 4. The summed E-state index contributed by atoms with van der Waals surface area (Å²) in [5, 5.41) is 2.65. The van der Waals surface area contributed by atoms with Gasteiger partial charge in [-0.15, -0.1) is 0 Å². The molecule has 58 heavy (non-hydrogen) atoms. The highest BCUT2D eigenvalue weighted by atomic mass is 16.5. The first kappa shape index (κ1) is 40.6. The quantitative estimate of drug-likeness (QED) is 0.0952. The van der Waals surface area contributed by atoms with Crippen LogP contribution in [-0.4, -0.2) is 81.9 Å². The highest BCUT2D eigenvalue weighted by Gasteiger charge is 2.31. The van der Waals surface area contributed by atoms with E-state index in [1.807, 2.05) is 98.8 Å². The summed E-state index contributed by atoms with van der Waals surface area (Å²) in [6.07, 6.45) is 2.74. The number of methoxy groups -OCH3 is 2. The zero-order valence-electron chi connectivity index (χ0n) is 33.3. The number of nitrogens with zero attached hydrogens (tertiary/aromatic N) is 4. The van der Waals surface area contributed by atoms with Crippen LogP contribution >= 0.6 is 0 Å². The normalized spacial score (nSPS) is 13.1. The molecule has 0 unspecified atom stereocenters. The Kier molecular flexibility index (Phi) is 12.8. The molecule has 0 saturated heterocycles. The van der Waals surface area contributed by atoms with Gasteiger partial charge >= 0.3 is 12.1 Å². The van der Waals surface area contributed by atoms with E-state index in [-0.39, 0.29) is 24.3 Å². The van der Waals surface area contributed by atoms with Crippen molar-refractivity contribution in [2.45, 2.75) is 44.3 Å². The van der Waals surface area contributed by atoms with Crippen LogP contribution in [0.1, 0.15) is 67.1 Å². The minimum Gasteiger partial charge on any atom is -0.469 e. The number of likely N-dealkylation sites (N-methyl/N-ethyl adjacent to an activating group) is 2. The second kappa shape index (κ2) is 18.3. The van der Waals surface area contributed by atoms with Crippen molar-refractivity contribution in [3.8, 4) is 33.6 Å². The first-order chi connectivity index (χ1) is 28.0. The summed E-state index contributed by atoms with van der Waals surface area (Å²) in [6, 6.07) is 32.7. The van der Waals surface area contributed by atoms with Crippen molar-refractivity contribution < 1.29 is 28.7 Å². The number of alkyl carbamates (subject to hydrolysis) is 1. The number of nitrogens with one attached hydrogen (secondary N) is 3. The van der Waals surface area contributed by atoms with Gasteiger partial charge in [0.2, 0.25) is 11.8 Å².